The molecule has 2 N–H and O–H groups in total. The van der Waals surface area contributed by atoms with Crippen molar-refractivity contribution >= 4 is 5.91 Å². The van der Waals surface area contributed by atoms with Gasteiger partial charge in [-0.2, -0.15) is 0 Å². The van der Waals surface area contributed by atoms with Crippen LogP contribution in [0.5, 0.6) is 11.7 Å². The Kier molecular flexibility index (Phi) is 3.53. The third-order valence-corrected chi connectivity index (χ3v) is 4.45. The van der Waals surface area contributed by atoms with Gasteiger partial charge in [0.15, 0.2) is 5.76 Å². The molecule has 0 radical (unpaired) electrons. The Bertz CT molecular complexity index is 713. The third kappa shape index (κ3) is 2.94. The summed E-state index contributed by atoms with van der Waals surface area (Å²) in [5, 5.41) is 6.49. The topological polar surface area (TPSA) is 63.5 Å². The molecule has 2 fully saturated rings. The van der Waals surface area contributed by atoms with E-state index in [-0.39, 0.29) is 29.5 Å². The van der Waals surface area contributed by atoms with Gasteiger partial charge in [0.2, 0.25) is 0 Å². The number of amides is 1. The molecule has 3 heterocycles. The van der Waals surface area contributed by atoms with Gasteiger partial charge in [-0.1, -0.05) is 0 Å². The molecule has 120 valence electrons. The van der Waals surface area contributed by atoms with Crippen LogP contribution in [0.3, 0.4) is 0 Å². The van der Waals surface area contributed by atoms with Crippen molar-refractivity contribution in [1.29, 1.82) is 0 Å². The predicted octanol–water partition coefficient (Wildman–Crippen LogP) is 2.83. The van der Waals surface area contributed by atoms with E-state index in [9.17, 15) is 9.18 Å². The first-order chi connectivity index (χ1) is 11.2. The number of hydrogen-bond acceptors (Lipinski definition) is 4. The highest BCUT2D eigenvalue weighted by Crippen LogP contribution is 2.29. The normalized spacial score (nSPS) is 25.5. The summed E-state index contributed by atoms with van der Waals surface area (Å²) in [5.41, 5.74) is 0. The fourth-order valence-electron chi connectivity index (χ4n) is 3.34. The molecule has 1 amide bonds. The van der Waals surface area contributed by atoms with Crippen molar-refractivity contribution in [3.63, 3.8) is 0 Å². The monoisotopic (exact) mass is 316 g/mol. The first-order valence-corrected chi connectivity index (χ1v) is 7.77. The number of ether oxygens (including phenoxy) is 1. The number of carbonyl (C=O) groups excluding carboxylic acids is 1. The smallest absolute Gasteiger partial charge is 0.290 e. The van der Waals surface area contributed by atoms with Gasteiger partial charge in [0.1, 0.15) is 11.6 Å². The molecular formula is C17H17FN2O3. The van der Waals surface area contributed by atoms with E-state index < -0.39 is 0 Å². The molecule has 1 aromatic carbocycles. The Morgan fingerprint density at radius 3 is 2.74 bits per heavy atom. The Labute approximate surface area is 132 Å². The van der Waals surface area contributed by atoms with E-state index in [0.29, 0.717) is 17.8 Å². The SMILES string of the molecule is O=C(NC1CC2CCC1N2)c1ccc(Oc2ccc(F)cc2)o1. The quantitative estimate of drug-likeness (QED) is 0.910. The van der Waals surface area contributed by atoms with Crippen LogP contribution in [0.1, 0.15) is 29.8 Å². The van der Waals surface area contributed by atoms with E-state index >= 15 is 0 Å². The second kappa shape index (κ2) is 5.70. The zero-order valence-electron chi connectivity index (χ0n) is 12.4. The molecule has 6 heteroatoms. The second-order valence-corrected chi connectivity index (χ2v) is 6.04. The molecule has 2 saturated heterocycles. The van der Waals surface area contributed by atoms with Crippen molar-refractivity contribution < 1.29 is 18.3 Å². The van der Waals surface area contributed by atoms with Crippen molar-refractivity contribution in [2.24, 2.45) is 0 Å². The van der Waals surface area contributed by atoms with Gasteiger partial charge < -0.3 is 19.8 Å². The molecule has 3 unspecified atom stereocenters. The molecule has 2 aliphatic heterocycles. The Balaban J connectivity index is 1.39. The molecule has 0 saturated carbocycles. The summed E-state index contributed by atoms with van der Waals surface area (Å²) in [5.74, 6) is 0.289. The minimum atomic E-state index is -0.337. The van der Waals surface area contributed by atoms with Crippen LogP contribution in [-0.2, 0) is 0 Å². The molecular weight excluding hydrogens is 299 g/mol. The lowest BCUT2D eigenvalue weighted by molar-refractivity contribution is 0.0898. The third-order valence-electron chi connectivity index (χ3n) is 4.45. The Hall–Kier alpha value is -2.34. The van der Waals surface area contributed by atoms with Crippen molar-refractivity contribution in [3.8, 4) is 11.7 Å². The van der Waals surface area contributed by atoms with Gasteiger partial charge in [-0.3, -0.25) is 4.79 Å². The second-order valence-electron chi connectivity index (χ2n) is 6.04. The number of nitrogens with one attached hydrogen (secondary N) is 2. The van der Waals surface area contributed by atoms with Crippen LogP contribution in [-0.4, -0.2) is 24.0 Å². The van der Waals surface area contributed by atoms with Crippen molar-refractivity contribution in [2.75, 3.05) is 0 Å². The highest BCUT2D eigenvalue weighted by Gasteiger charge is 2.39. The lowest BCUT2D eigenvalue weighted by Crippen LogP contribution is -2.42. The molecule has 4 rings (SSSR count). The minimum Gasteiger partial charge on any atom is -0.426 e. The maximum absolute atomic E-state index is 12.9. The molecule has 3 atom stereocenters. The van der Waals surface area contributed by atoms with E-state index in [0.717, 1.165) is 12.8 Å². The summed E-state index contributed by atoms with van der Waals surface area (Å²) in [7, 11) is 0. The first-order valence-electron chi connectivity index (χ1n) is 7.77. The van der Waals surface area contributed by atoms with Gasteiger partial charge in [0.25, 0.3) is 11.9 Å². The molecule has 23 heavy (non-hydrogen) atoms. The Morgan fingerprint density at radius 2 is 2.04 bits per heavy atom. The van der Waals surface area contributed by atoms with Crippen LogP contribution in [0.15, 0.2) is 40.8 Å². The maximum Gasteiger partial charge on any atom is 0.290 e. The summed E-state index contributed by atoms with van der Waals surface area (Å²) in [6.45, 7) is 0. The summed E-state index contributed by atoms with van der Waals surface area (Å²) in [6.07, 6.45) is 3.26. The van der Waals surface area contributed by atoms with E-state index in [1.807, 2.05) is 0 Å². The zero-order valence-corrected chi connectivity index (χ0v) is 12.4. The van der Waals surface area contributed by atoms with Gasteiger partial charge in [-0.05, 0) is 49.6 Å². The molecule has 0 spiro atoms. The van der Waals surface area contributed by atoms with Crippen LogP contribution < -0.4 is 15.4 Å². The molecule has 2 bridgehead atoms. The summed E-state index contributed by atoms with van der Waals surface area (Å²) < 4.78 is 23.7. The Morgan fingerprint density at radius 1 is 1.22 bits per heavy atom. The van der Waals surface area contributed by atoms with Gasteiger partial charge in [0, 0.05) is 24.2 Å². The number of hydrogen-bond donors (Lipinski definition) is 2. The summed E-state index contributed by atoms with van der Waals surface area (Å²) >= 11 is 0. The van der Waals surface area contributed by atoms with Gasteiger partial charge in [-0.25, -0.2) is 4.39 Å². The van der Waals surface area contributed by atoms with Gasteiger partial charge >= 0.3 is 0 Å². The van der Waals surface area contributed by atoms with E-state index in [1.54, 1.807) is 12.1 Å². The summed E-state index contributed by atoms with van der Waals surface area (Å²) in [4.78, 5) is 12.2. The molecule has 1 aromatic heterocycles. The van der Waals surface area contributed by atoms with Crippen molar-refractivity contribution in [2.45, 2.75) is 37.4 Å². The highest BCUT2D eigenvalue weighted by molar-refractivity contribution is 5.91. The number of fused-ring (bicyclic) bond motifs is 2. The lowest BCUT2D eigenvalue weighted by Gasteiger charge is -2.20. The average Bonchev–Trinajstić information content (AvgIpc) is 3.26. The predicted molar refractivity (Wildman–Crippen MR) is 81.0 cm³/mol. The molecule has 0 aliphatic carbocycles. The van der Waals surface area contributed by atoms with Crippen LogP contribution in [0.2, 0.25) is 0 Å². The zero-order chi connectivity index (χ0) is 15.8. The van der Waals surface area contributed by atoms with E-state index in [4.69, 9.17) is 9.15 Å². The van der Waals surface area contributed by atoms with Gasteiger partial charge in [0.05, 0.1) is 0 Å². The van der Waals surface area contributed by atoms with Crippen molar-refractivity contribution in [1.82, 2.24) is 10.6 Å². The lowest BCUT2D eigenvalue weighted by atomic mass is 9.95. The number of furan rings is 1. The standard InChI is InChI=1S/C17H17FN2O3/c18-10-1-4-12(5-2-10)22-16-8-7-15(23-16)17(21)20-14-9-11-3-6-13(14)19-11/h1-2,4-5,7-8,11,13-14,19H,3,6,9H2,(H,20,21). The van der Waals surface area contributed by atoms with Crippen molar-refractivity contribution in [3.05, 3.63) is 48.0 Å². The number of carbonyl (C=O) groups is 1. The fourth-order valence-corrected chi connectivity index (χ4v) is 3.34. The minimum absolute atomic E-state index is 0.160. The largest absolute Gasteiger partial charge is 0.426 e. The summed E-state index contributed by atoms with van der Waals surface area (Å²) in [6, 6.07) is 9.81. The number of rotatable bonds is 4. The molecule has 2 aliphatic rings. The number of benzene rings is 1. The first kappa shape index (κ1) is 14.3. The number of halogens is 1. The highest BCUT2D eigenvalue weighted by atomic mass is 19.1. The van der Waals surface area contributed by atoms with Gasteiger partial charge in [-0.15, -0.1) is 0 Å². The van der Waals surface area contributed by atoms with Crippen LogP contribution in [0, 0.1) is 5.82 Å². The molecule has 5 nitrogen and oxygen atoms in total. The van der Waals surface area contributed by atoms with E-state index in [1.165, 1.54) is 30.7 Å². The fraction of sp³-hybridized carbons (Fsp3) is 0.353. The van der Waals surface area contributed by atoms with Crippen LogP contribution in [0.4, 0.5) is 4.39 Å². The van der Waals surface area contributed by atoms with Crippen LogP contribution in [0.25, 0.3) is 0 Å². The maximum atomic E-state index is 12.9. The van der Waals surface area contributed by atoms with E-state index in [2.05, 4.69) is 10.6 Å². The molecule has 2 aromatic rings. The van der Waals surface area contributed by atoms with Crippen LogP contribution >= 0.6 is 0 Å². The average molecular weight is 316 g/mol.